The van der Waals surface area contributed by atoms with Crippen LogP contribution < -0.4 is 5.32 Å². The van der Waals surface area contributed by atoms with E-state index in [-0.39, 0.29) is 0 Å². The van der Waals surface area contributed by atoms with Gasteiger partial charge in [-0.2, -0.15) is 5.26 Å². The predicted molar refractivity (Wildman–Crippen MR) is 78.0 cm³/mol. The first-order chi connectivity index (χ1) is 9.86. The molecule has 1 aliphatic rings. The minimum absolute atomic E-state index is 0.338. The Morgan fingerprint density at radius 3 is 2.80 bits per heavy atom. The van der Waals surface area contributed by atoms with Gasteiger partial charge in [-0.3, -0.25) is 0 Å². The highest BCUT2D eigenvalue weighted by atomic mass is 15.0. The molecule has 1 aromatic heterocycles. The fourth-order valence-electron chi connectivity index (χ4n) is 2.65. The van der Waals surface area contributed by atoms with Crippen molar-refractivity contribution in [1.29, 1.82) is 5.26 Å². The number of benzene rings is 1. The number of nitriles is 1. The highest BCUT2D eigenvalue weighted by Gasteiger charge is 2.16. The number of nitrogens with zero attached hydrogens (tertiary/aromatic N) is 2. The Labute approximate surface area is 118 Å². The summed E-state index contributed by atoms with van der Waals surface area (Å²) in [4.78, 5) is 7.93. The number of rotatable bonds is 2. The second-order valence-electron chi connectivity index (χ2n) is 5.23. The molecule has 1 unspecified atom stereocenters. The largest absolute Gasteiger partial charge is 0.341 e. The maximum Gasteiger partial charge on any atom is 0.123 e. The lowest BCUT2D eigenvalue weighted by molar-refractivity contribution is 0.512. The Hall–Kier alpha value is -2.12. The van der Waals surface area contributed by atoms with Crippen LogP contribution in [-0.2, 0) is 0 Å². The van der Waals surface area contributed by atoms with E-state index in [0.717, 1.165) is 30.0 Å². The Balaban J connectivity index is 1.80. The van der Waals surface area contributed by atoms with Crippen molar-refractivity contribution >= 4 is 0 Å². The first kappa shape index (κ1) is 12.9. The molecule has 0 radical (unpaired) electrons. The minimum atomic E-state index is 0.338. The molecule has 102 valence electrons. The molecule has 0 saturated carbocycles. The van der Waals surface area contributed by atoms with Gasteiger partial charge in [0.1, 0.15) is 5.82 Å². The summed E-state index contributed by atoms with van der Waals surface area (Å²) in [6.07, 6.45) is 6.82. The topological polar surface area (TPSA) is 64.5 Å². The van der Waals surface area contributed by atoms with Crippen molar-refractivity contribution in [2.45, 2.75) is 31.7 Å². The normalized spacial score (nSPS) is 19.2. The SMILES string of the molecule is N#Cc1ccc(-c2cnc(C3CCCCCN3)[nH]2)cc1. The summed E-state index contributed by atoms with van der Waals surface area (Å²) < 4.78 is 0. The third kappa shape index (κ3) is 2.73. The first-order valence-corrected chi connectivity index (χ1v) is 7.15. The Bertz CT molecular complexity index is 598. The molecule has 3 rings (SSSR count). The summed E-state index contributed by atoms with van der Waals surface area (Å²) in [5.74, 6) is 1.02. The van der Waals surface area contributed by atoms with E-state index in [2.05, 4.69) is 21.4 Å². The van der Waals surface area contributed by atoms with Crippen LogP contribution in [0.3, 0.4) is 0 Å². The van der Waals surface area contributed by atoms with Crippen molar-refractivity contribution in [3.05, 3.63) is 41.9 Å². The van der Waals surface area contributed by atoms with E-state index in [4.69, 9.17) is 5.26 Å². The smallest absolute Gasteiger partial charge is 0.123 e. The van der Waals surface area contributed by atoms with Crippen LogP contribution in [-0.4, -0.2) is 16.5 Å². The average Bonchev–Trinajstić information content (AvgIpc) is 2.83. The zero-order valence-corrected chi connectivity index (χ0v) is 11.4. The second-order valence-corrected chi connectivity index (χ2v) is 5.23. The third-order valence-electron chi connectivity index (χ3n) is 3.81. The molecular weight excluding hydrogens is 248 g/mol. The maximum absolute atomic E-state index is 8.82. The van der Waals surface area contributed by atoms with E-state index in [0.29, 0.717) is 11.6 Å². The number of hydrogen-bond acceptors (Lipinski definition) is 3. The van der Waals surface area contributed by atoms with Gasteiger partial charge >= 0.3 is 0 Å². The van der Waals surface area contributed by atoms with Crippen molar-refractivity contribution in [2.24, 2.45) is 0 Å². The number of H-pyrrole nitrogens is 1. The quantitative estimate of drug-likeness (QED) is 0.877. The van der Waals surface area contributed by atoms with Crippen molar-refractivity contribution in [1.82, 2.24) is 15.3 Å². The van der Waals surface area contributed by atoms with E-state index in [1.54, 1.807) is 0 Å². The van der Waals surface area contributed by atoms with E-state index in [1.807, 2.05) is 30.5 Å². The summed E-state index contributed by atoms with van der Waals surface area (Å²) in [6, 6.07) is 10.0. The molecule has 1 fully saturated rings. The molecule has 4 heteroatoms. The van der Waals surface area contributed by atoms with Crippen LogP contribution in [0.5, 0.6) is 0 Å². The van der Waals surface area contributed by atoms with Gasteiger partial charge in [0.25, 0.3) is 0 Å². The summed E-state index contributed by atoms with van der Waals surface area (Å²) in [6.45, 7) is 1.07. The van der Waals surface area contributed by atoms with Crippen LogP contribution in [0.4, 0.5) is 0 Å². The monoisotopic (exact) mass is 266 g/mol. The van der Waals surface area contributed by atoms with Gasteiger partial charge in [-0.15, -0.1) is 0 Å². The second kappa shape index (κ2) is 5.89. The maximum atomic E-state index is 8.82. The predicted octanol–water partition coefficient (Wildman–Crippen LogP) is 3.15. The molecule has 4 nitrogen and oxygen atoms in total. The van der Waals surface area contributed by atoms with Gasteiger partial charge in [0.15, 0.2) is 0 Å². The molecule has 20 heavy (non-hydrogen) atoms. The number of aromatic nitrogens is 2. The van der Waals surface area contributed by atoms with E-state index in [1.165, 1.54) is 19.3 Å². The van der Waals surface area contributed by atoms with Crippen LogP contribution in [0.25, 0.3) is 11.3 Å². The Morgan fingerprint density at radius 1 is 1.15 bits per heavy atom. The standard InChI is InChI=1S/C16H18N4/c17-10-12-5-7-13(8-6-12)15-11-19-16(20-15)14-4-2-1-3-9-18-14/h5-8,11,14,18H,1-4,9H2,(H,19,20). The lowest BCUT2D eigenvalue weighted by Crippen LogP contribution is -2.21. The van der Waals surface area contributed by atoms with Crippen LogP contribution in [0.1, 0.15) is 43.1 Å². The minimum Gasteiger partial charge on any atom is -0.341 e. The van der Waals surface area contributed by atoms with Crippen LogP contribution in [0.2, 0.25) is 0 Å². The van der Waals surface area contributed by atoms with E-state index >= 15 is 0 Å². The number of nitrogens with one attached hydrogen (secondary N) is 2. The van der Waals surface area contributed by atoms with Crippen molar-refractivity contribution < 1.29 is 0 Å². The highest BCUT2D eigenvalue weighted by molar-refractivity contribution is 5.59. The van der Waals surface area contributed by atoms with Crippen molar-refractivity contribution in [3.8, 4) is 17.3 Å². The molecule has 0 aliphatic carbocycles. The fourth-order valence-corrected chi connectivity index (χ4v) is 2.65. The molecular formula is C16H18N4. The van der Waals surface area contributed by atoms with Crippen LogP contribution in [0.15, 0.2) is 30.5 Å². The van der Waals surface area contributed by atoms with Crippen LogP contribution >= 0.6 is 0 Å². The number of hydrogen-bond donors (Lipinski definition) is 2. The van der Waals surface area contributed by atoms with Crippen LogP contribution in [0, 0.1) is 11.3 Å². The highest BCUT2D eigenvalue weighted by Crippen LogP contribution is 2.24. The van der Waals surface area contributed by atoms with Crippen molar-refractivity contribution in [3.63, 3.8) is 0 Å². The first-order valence-electron chi connectivity index (χ1n) is 7.15. The lowest BCUT2D eigenvalue weighted by Gasteiger charge is -2.12. The van der Waals surface area contributed by atoms with Crippen molar-refractivity contribution in [2.75, 3.05) is 6.54 Å². The molecule has 1 atom stereocenters. The molecule has 2 heterocycles. The van der Waals surface area contributed by atoms with E-state index < -0.39 is 0 Å². The average molecular weight is 266 g/mol. The zero-order chi connectivity index (χ0) is 13.8. The third-order valence-corrected chi connectivity index (χ3v) is 3.81. The fraction of sp³-hybridized carbons (Fsp3) is 0.375. The van der Waals surface area contributed by atoms with Gasteiger partial charge in [0.05, 0.1) is 29.6 Å². The summed E-state index contributed by atoms with van der Waals surface area (Å²) in [5, 5.41) is 12.4. The number of aromatic amines is 1. The van der Waals surface area contributed by atoms with Gasteiger partial charge < -0.3 is 10.3 Å². The van der Waals surface area contributed by atoms with Gasteiger partial charge in [-0.05, 0) is 37.1 Å². The molecule has 1 aromatic carbocycles. The van der Waals surface area contributed by atoms with Gasteiger partial charge in [-0.25, -0.2) is 4.98 Å². The molecule has 0 spiro atoms. The lowest BCUT2D eigenvalue weighted by atomic mass is 10.1. The van der Waals surface area contributed by atoms with Gasteiger partial charge in [0.2, 0.25) is 0 Å². The molecule has 2 aromatic rings. The Kier molecular flexibility index (Phi) is 3.80. The Morgan fingerprint density at radius 2 is 2.00 bits per heavy atom. The molecule has 0 bridgehead atoms. The molecule has 1 aliphatic heterocycles. The summed E-state index contributed by atoms with van der Waals surface area (Å²) in [7, 11) is 0. The summed E-state index contributed by atoms with van der Waals surface area (Å²) >= 11 is 0. The molecule has 2 N–H and O–H groups in total. The summed E-state index contributed by atoms with van der Waals surface area (Å²) in [5.41, 5.74) is 2.76. The zero-order valence-electron chi connectivity index (χ0n) is 11.4. The van der Waals surface area contributed by atoms with Gasteiger partial charge in [-0.1, -0.05) is 25.0 Å². The van der Waals surface area contributed by atoms with E-state index in [9.17, 15) is 0 Å². The molecule has 1 saturated heterocycles. The van der Waals surface area contributed by atoms with Gasteiger partial charge in [0, 0.05) is 0 Å². The number of imidazole rings is 1. The molecule has 0 amide bonds.